The Hall–Kier alpha value is -1.46. The number of rotatable bonds is 6. The second-order valence-electron chi connectivity index (χ2n) is 8.52. The van der Waals surface area contributed by atoms with E-state index in [2.05, 4.69) is 25.9 Å². The van der Waals surface area contributed by atoms with Crippen LogP contribution in [0.3, 0.4) is 0 Å². The summed E-state index contributed by atoms with van der Waals surface area (Å²) < 4.78 is 7.72. The summed E-state index contributed by atoms with van der Waals surface area (Å²) in [7, 11) is 0. The molecule has 0 unspecified atom stereocenters. The van der Waals surface area contributed by atoms with E-state index in [-0.39, 0.29) is 11.5 Å². The third-order valence-electron chi connectivity index (χ3n) is 5.08. The first-order valence-electron chi connectivity index (χ1n) is 9.98. The maximum Gasteiger partial charge on any atom is 0.312 e. The van der Waals surface area contributed by atoms with E-state index in [1.54, 1.807) is 11.8 Å². The minimum Gasteiger partial charge on any atom is -0.406 e. The summed E-state index contributed by atoms with van der Waals surface area (Å²) in [5.41, 5.74) is 0.568. The van der Waals surface area contributed by atoms with E-state index in [0.717, 1.165) is 21.9 Å². The highest BCUT2D eigenvalue weighted by molar-refractivity contribution is 7.99. The van der Waals surface area contributed by atoms with Crippen molar-refractivity contribution in [1.29, 1.82) is 0 Å². The van der Waals surface area contributed by atoms with Gasteiger partial charge in [-0.3, -0.25) is 4.79 Å². The first-order valence-corrected chi connectivity index (χ1v) is 11.2. The fourth-order valence-corrected chi connectivity index (χ4v) is 4.59. The van der Waals surface area contributed by atoms with Gasteiger partial charge in [0.1, 0.15) is 0 Å². The molecule has 0 spiro atoms. The van der Waals surface area contributed by atoms with Gasteiger partial charge in [-0.15, -0.1) is 0 Å². The molecule has 6 heteroatoms. The minimum absolute atomic E-state index is 0.171. The van der Waals surface area contributed by atoms with Gasteiger partial charge in [0, 0.05) is 16.3 Å². The molecule has 0 aliphatic heterocycles. The van der Waals surface area contributed by atoms with Gasteiger partial charge in [0.2, 0.25) is 5.88 Å². The quantitative estimate of drug-likeness (QED) is 0.492. The minimum atomic E-state index is -0.287. The van der Waals surface area contributed by atoms with Crippen LogP contribution in [0, 0.1) is 12.8 Å². The smallest absolute Gasteiger partial charge is 0.312 e. The van der Waals surface area contributed by atoms with E-state index in [0.29, 0.717) is 23.2 Å². The Balaban J connectivity index is 1.81. The number of carbonyl (C=O) groups excluding carboxylic acids is 1. The van der Waals surface area contributed by atoms with Gasteiger partial charge >= 0.3 is 5.97 Å². The van der Waals surface area contributed by atoms with Gasteiger partial charge in [0.25, 0.3) is 0 Å². The topological polar surface area (TPSA) is 44.1 Å². The van der Waals surface area contributed by atoms with Crippen LogP contribution in [0.15, 0.2) is 34.1 Å². The van der Waals surface area contributed by atoms with Crippen LogP contribution in [-0.4, -0.2) is 15.7 Å². The number of aromatic nitrogens is 2. The molecule has 1 aromatic heterocycles. The standard InChI is InChI=1S/C22H29ClN2O2S/c1-15-20(28-18-12-10-17(23)11-13-18)21(25(24-15)22(2,3)4)27-19(26)14-9-16-7-5-6-8-16/h10-13,16H,5-9,14H2,1-4H3. The second kappa shape index (κ2) is 8.91. The van der Waals surface area contributed by atoms with Gasteiger partial charge in [-0.2, -0.15) is 5.10 Å². The SMILES string of the molecule is Cc1nn(C(C)(C)C)c(OC(=O)CCC2CCCC2)c1Sc1ccc(Cl)cc1. The molecule has 0 atom stereocenters. The lowest BCUT2D eigenvalue weighted by atomic mass is 10.0. The summed E-state index contributed by atoms with van der Waals surface area (Å²) in [6.45, 7) is 8.14. The molecular formula is C22H29ClN2O2S. The predicted molar refractivity (Wildman–Crippen MR) is 114 cm³/mol. The van der Waals surface area contributed by atoms with E-state index >= 15 is 0 Å². The molecule has 4 nitrogen and oxygen atoms in total. The normalized spacial score (nSPS) is 15.2. The van der Waals surface area contributed by atoms with Crippen molar-refractivity contribution >= 4 is 29.3 Å². The summed E-state index contributed by atoms with van der Waals surface area (Å²) >= 11 is 7.56. The average Bonchev–Trinajstić information content (AvgIpc) is 3.24. The molecule has 1 aromatic carbocycles. The van der Waals surface area contributed by atoms with Crippen LogP contribution in [0.5, 0.6) is 5.88 Å². The van der Waals surface area contributed by atoms with E-state index in [1.807, 2.05) is 35.9 Å². The van der Waals surface area contributed by atoms with Gasteiger partial charge < -0.3 is 4.74 Å². The molecule has 3 rings (SSSR count). The van der Waals surface area contributed by atoms with Crippen molar-refractivity contribution in [2.75, 3.05) is 0 Å². The summed E-state index contributed by atoms with van der Waals surface area (Å²) in [4.78, 5) is 14.5. The molecule has 0 bridgehead atoms. The van der Waals surface area contributed by atoms with E-state index in [1.165, 1.54) is 25.7 Å². The van der Waals surface area contributed by atoms with Crippen molar-refractivity contribution in [2.24, 2.45) is 5.92 Å². The Morgan fingerprint density at radius 1 is 1.25 bits per heavy atom. The Morgan fingerprint density at radius 2 is 1.89 bits per heavy atom. The van der Waals surface area contributed by atoms with Gasteiger partial charge in [0.15, 0.2) is 0 Å². The molecular weight excluding hydrogens is 392 g/mol. The zero-order valence-electron chi connectivity index (χ0n) is 17.1. The number of carbonyl (C=O) groups is 1. The first-order chi connectivity index (χ1) is 13.2. The highest BCUT2D eigenvalue weighted by Crippen LogP contribution is 2.40. The molecule has 1 heterocycles. The van der Waals surface area contributed by atoms with Crippen LogP contribution in [-0.2, 0) is 10.3 Å². The molecule has 2 aromatic rings. The number of esters is 1. The number of halogens is 1. The molecule has 1 aliphatic rings. The lowest BCUT2D eigenvalue weighted by Crippen LogP contribution is -2.25. The molecule has 0 saturated heterocycles. The largest absolute Gasteiger partial charge is 0.406 e. The van der Waals surface area contributed by atoms with Crippen LogP contribution in [0.25, 0.3) is 0 Å². The van der Waals surface area contributed by atoms with Gasteiger partial charge in [-0.05, 0) is 64.3 Å². The zero-order valence-corrected chi connectivity index (χ0v) is 18.7. The number of hydrogen-bond donors (Lipinski definition) is 0. The van der Waals surface area contributed by atoms with Crippen LogP contribution in [0.2, 0.25) is 5.02 Å². The van der Waals surface area contributed by atoms with E-state index in [9.17, 15) is 4.79 Å². The molecule has 1 saturated carbocycles. The molecule has 0 N–H and O–H groups in total. The summed E-state index contributed by atoms with van der Waals surface area (Å²) in [5, 5.41) is 5.38. The summed E-state index contributed by atoms with van der Waals surface area (Å²) in [6.07, 6.45) is 6.44. The number of nitrogens with zero attached hydrogens (tertiary/aromatic N) is 2. The van der Waals surface area contributed by atoms with Crippen molar-refractivity contribution in [3.8, 4) is 5.88 Å². The van der Waals surface area contributed by atoms with Crippen molar-refractivity contribution < 1.29 is 9.53 Å². The van der Waals surface area contributed by atoms with E-state index in [4.69, 9.17) is 16.3 Å². The third-order valence-corrected chi connectivity index (χ3v) is 6.51. The Morgan fingerprint density at radius 3 is 2.50 bits per heavy atom. The number of benzene rings is 1. The van der Waals surface area contributed by atoms with Crippen molar-refractivity contribution in [3.63, 3.8) is 0 Å². The number of hydrogen-bond acceptors (Lipinski definition) is 4. The van der Waals surface area contributed by atoms with Crippen LogP contribution >= 0.6 is 23.4 Å². The molecule has 28 heavy (non-hydrogen) atoms. The van der Waals surface area contributed by atoms with Crippen LogP contribution < -0.4 is 4.74 Å². The summed E-state index contributed by atoms with van der Waals surface area (Å²) in [5.74, 6) is 1.04. The fourth-order valence-electron chi connectivity index (χ4n) is 3.55. The monoisotopic (exact) mass is 420 g/mol. The van der Waals surface area contributed by atoms with Gasteiger partial charge in [0.05, 0.1) is 16.1 Å². The molecule has 0 radical (unpaired) electrons. The van der Waals surface area contributed by atoms with Crippen LogP contribution in [0.1, 0.15) is 65.0 Å². The number of aryl methyl sites for hydroxylation is 1. The molecule has 0 amide bonds. The zero-order chi connectivity index (χ0) is 20.3. The first kappa shape index (κ1) is 21.3. The Labute approximate surface area is 177 Å². The maximum atomic E-state index is 12.6. The van der Waals surface area contributed by atoms with Crippen molar-refractivity contribution in [1.82, 2.24) is 9.78 Å². The Kier molecular flexibility index (Phi) is 6.77. The second-order valence-corrected chi connectivity index (χ2v) is 10.0. The Bertz CT molecular complexity index is 818. The van der Waals surface area contributed by atoms with E-state index < -0.39 is 0 Å². The highest BCUT2D eigenvalue weighted by atomic mass is 35.5. The third kappa shape index (κ3) is 5.32. The summed E-state index contributed by atoms with van der Waals surface area (Å²) in [6, 6.07) is 7.65. The lowest BCUT2D eigenvalue weighted by Gasteiger charge is -2.22. The number of ether oxygens (including phenoxy) is 1. The average molecular weight is 421 g/mol. The highest BCUT2D eigenvalue weighted by Gasteiger charge is 2.27. The van der Waals surface area contributed by atoms with Crippen molar-refractivity contribution in [2.45, 2.75) is 81.5 Å². The van der Waals surface area contributed by atoms with Crippen molar-refractivity contribution in [3.05, 3.63) is 35.0 Å². The molecule has 152 valence electrons. The van der Waals surface area contributed by atoms with Gasteiger partial charge in [-0.1, -0.05) is 49.0 Å². The van der Waals surface area contributed by atoms with Gasteiger partial charge in [-0.25, -0.2) is 4.68 Å². The molecule has 1 fully saturated rings. The fraction of sp³-hybridized carbons (Fsp3) is 0.545. The molecule has 1 aliphatic carbocycles. The van der Waals surface area contributed by atoms with Crippen LogP contribution in [0.4, 0.5) is 0 Å². The maximum absolute atomic E-state index is 12.6. The predicted octanol–water partition coefficient (Wildman–Crippen LogP) is 6.63. The lowest BCUT2D eigenvalue weighted by molar-refractivity contribution is -0.135.